The van der Waals surface area contributed by atoms with Crippen LogP contribution in [0.25, 0.3) is 0 Å². The summed E-state index contributed by atoms with van der Waals surface area (Å²) in [4.78, 5) is 21.4. The SMILES string of the molecule is CC1(C)[C@@H]2CC=C(/C=N\NC(=O)C(N)=O)[C@H]1C2. The molecular formula is C12H17N3O2. The Hall–Kier alpha value is -1.65. The first-order valence-electron chi connectivity index (χ1n) is 5.76. The minimum Gasteiger partial charge on any atom is -0.361 e. The lowest BCUT2D eigenvalue weighted by Gasteiger charge is -2.55. The van der Waals surface area contributed by atoms with E-state index >= 15 is 0 Å². The lowest BCUT2D eigenvalue weighted by Crippen LogP contribution is -2.48. The van der Waals surface area contributed by atoms with Crippen molar-refractivity contribution in [1.82, 2.24) is 5.43 Å². The van der Waals surface area contributed by atoms with Crippen LogP contribution in [0.2, 0.25) is 0 Å². The number of hydrogen-bond donors (Lipinski definition) is 2. The number of carbonyl (C=O) groups excluding carboxylic acids is 2. The largest absolute Gasteiger partial charge is 0.361 e. The third-order valence-corrected chi connectivity index (χ3v) is 4.11. The molecule has 2 bridgehead atoms. The van der Waals surface area contributed by atoms with Crippen molar-refractivity contribution in [3.8, 4) is 0 Å². The minimum atomic E-state index is -1.02. The molecule has 0 heterocycles. The second-order valence-electron chi connectivity index (χ2n) is 5.31. The van der Waals surface area contributed by atoms with Crippen LogP contribution in [0.1, 0.15) is 26.7 Å². The minimum absolute atomic E-state index is 0.323. The van der Waals surface area contributed by atoms with Crippen LogP contribution in [0.15, 0.2) is 16.8 Å². The molecule has 1 saturated carbocycles. The molecule has 0 radical (unpaired) electrons. The van der Waals surface area contributed by atoms with E-state index in [-0.39, 0.29) is 0 Å². The highest BCUT2D eigenvalue weighted by Gasteiger charge is 2.50. The smallest absolute Gasteiger partial charge is 0.329 e. The van der Waals surface area contributed by atoms with Gasteiger partial charge in [-0.15, -0.1) is 0 Å². The molecule has 2 amide bonds. The average Bonchev–Trinajstić information content (AvgIpc) is 2.28. The van der Waals surface area contributed by atoms with Crippen molar-refractivity contribution in [1.29, 1.82) is 0 Å². The number of hydrogen-bond acceptors (Lipinski definition) is 3. The molecule has 3 aliphatic rings. The van der Waals surface area contributed by atoms with Crippen LogP contribution in [0.4, 0.5) is 0 Å². The molecule has 0 unspecified atom stereocenters. The molecule has 5 heteroatoms. The molecule has 0 spiro atoms. The topological polar surface area (TPSA) is 84.6 Å². The molecule has 0 aromatic heterocycles. The third kappa shape index (κ3) is 1.97. The van der Waals surface area contributed by atoms with Gasteiger partial charge in [0.25, 0.3) is 0 Å². The highest BCUT2D eigenvalue weighted by atomic mass is 16.2. The molecule has 3 rings (SSSR count). The number of nitrogens with one attached hydrogen (secondary N) is 1. The fourth-order valence-corrected chi connectivity index (χ4v) is 2.77. The fourth-order valence-electron chi connectivity index (χ4n) is 2.77. The van der Waals surface area contributed by atoms with Crippen LogP contribution in [0, 0.1) is 17.3 Å². The Bertz CT molecular complexity index is 423. The van der Waals surface area contributed by atoms with E-state index in [9.17, 15) is 9.59 Å². The van der Waals surface area contributed by atoms with Gasteiger partial charge < -0.3 is 5.73 Å². The summed E-state index contributed by atoms with van der Waals surface area (Å²) in [5.74, 6) is -0.632. The maximum atomic E-state index is 10.9. The van der Waals surface area contributed by atoms with Crippen LogP contribution >= 0.6 is 0 Å². The van der Waals surface area contributed by atoms with Gasteiger partial charge in [0.2, 0.25) is 0 Å². The summed E-state index contributed by atoms with van der Waals surface area (Å²) in [6, 6.07) is 0. The van der Waals surface area contributed by atoms with Crippen molar-refractivity contribution in [2.75, 3.05) is 0 Å². The second kappa shape index (κ2) is 3.98. The maximum Gasteiger partial charge on any atom is 0.329 e. The van der Waals surface area contributed by atoms with Crippen molar-refractivity contribution < 1.29 is 9.59 Å². The van der Waals surface area contributed by atoms with Crippen LogP contribution in [0.5, 0.6) is 0 Å². The summed E-state index contributed by atoms with van der Waals surface area (Å²) in [5, 5.41) is 3.76. The van der Waals surface area contributed by atoms with E-state index in [1.54, 1.807) is 6.21 Å². The lowest BCUT2D eigenvalue weighted by molar-refractivity contribution is -0.137. The molecule has 3 aliphatic carbocycles. The quantitative estimate of drug-likeness (QED) is 0.416. The number of fused-ring (bicyclic) bond motifs is 1. The van der Waals surface area contributed by atoms with E-state index < -0.39 is 11.8 Å². The van der Waals surface area contributed by atoms with E-state index in [1.807, 2.05) is 0 Å². The predicted octanol–water partition coefficient (Wildman–Crippen LogP) is 0.566. The number of nitrogens with zero attached hydrogens (tertiary/aromatic N) is 1. The van der Waals surface area contributed by atoms with Gasteiger partial charge >= 0.3 is 11.8 Å². The number of primary amides is 1. The highest BCUT2D eigenvalue weighted by molar-refractivity contribution is 6.34. The molecule has 0 aromatic carbocycles. The number of carbonyl (C=O) groups is 2. The van der Waals surface area contributed by atoms with E-state index in [1.165, 1.54) is 6.42 Å². The second-order valence-corrected chi connectivity index (χ2v) is 5.31. The van der Waals surface area contributed by atoms with E-state index in [0.717, 1.165) is 17.9 Å². The number of allylic oxidation sites excluding steroid dienone is 2. The monoisotopic (exact) mass is 235 g/mol. The Morgan fingerprint density at radius 2 is 2.29 bits per heavy atom. The molecule has 1 fully saturated rings. The molecule has 92 valence electrons. The zero-order chi connectivity index (χ0) is 12.6. The summed E-state index contributed by atoms with van der Waals surface area (Å²) >= 11 is 0. The first-order valence-corrected chi connectivity index (χ1v) is 5.76. The van der Waals surface area contributed by atoms with Crippen molar-refractivity contribution in [3.05, 3.63) is 11.6 Å². The van der Waals surface area contributed by atoms with Crippen molar-refractivity contribution >= 4 is 18.0 Å². The van der Waals surface area contributed by atoms with Gasteiger partial charge in [-0.25, -0.2) is 5.43 Å². The Morgan fingerprint density at radius 1 is 1.59 bits per heavy atom. The van der Waals surface area contributed by atoms with Gasteiger partial charge in [-0.05, 0) is 35.7 Å². The summed E-state index contributed by atoms with van der Waals surface area (Å²) < 4.78 is 0. The van der Waals surface area contributed by atoms with E-state index in [4.69, 9.17) is 5.73 Å². The maximum absolute atomic E-state index is 10.9. The van der Waals surface area contributed by atoms with Gasteiger partial charge in [-0.1, -0.05) is 19.9 Å². The molecule has 0 aromatic rings. The normalized spacial score (nSPS) is 29.4. The summed E-state index contributed by atoms with van der Waals surface area (Å²) in [5.41, 5.74) is 8.37. The van der Waals surface area contributed by atoms with Gasteiger partial charge in [0.1, 0.15) is 0 Å². The van der Waals surface area contributed by atoms with Gasteiger partial charge in [-0.2, -0.15) is 5.10 Å². The van der Waals surface area contributed by atoms with Crippen LogP contribution in [-0.4, -0.2) is 18.0 Å². The molecule has 5 nitrogen and oxygen atoms in total. The molecule has 2 atom stereocenters. The Kier molecular flexibility index (Phi) is 2.77. The molecular weight excluding hydrogens is 218 g/mol. The van der Waals surface area contributed by atoms with Crippen LogP contribution < -0.4 is 11.2 Å². The highest BCUT2D eigenvalue weighted by Crippen LogP contribution is 2.58. The number of amides is 2. The van der Waals surface area contributed by atoms with Crippen molar-refractivity contribution in [2.45, 2.75) is 26.7 Å². The average molecular weight is 235 g/mol. The van der Waals surface area contributed by atoms with Gasteiger partial charge in [0.05, 0.1) is 6.21 Å². The first-order chi connectivity index (χ1) is 7.93. The van der Waals surface area contributed by atoms with Gasteiger partial charge in [0, 0.05) is 0 Å². The third-order valence-electron chi connectivity index (χ3n) is 4.11. The fraction of sp³-hybridized carbons (Fsp3) is 0.583. The predicted molar refractivity (Wildman–Crippen MR) is 63.9 cm³/mol. The van der Waals surface area contributed by atoms with E-state index in [2.05, 4.69) is 30.5 Å². The summed E-state index contributed by atoms with van der Waals surface area (Å²) in [7, 11) is 0. The molecule has 17 heavy (non-hydrogen) atoms. The van der Waals surface area contributed by atoms with Gasteiger partial charge in [-0.3, -0.25) is 9.59 Å². The summed E-state index contributed by atoms with van der Waals surface area (Å²) in [6.45, 7) is 4.52. The zero-order valence-electron chi connectivity index (χ0n) is 10.1. The Balaban J connectivity index is 1.96. The van der Waals surface area contributed by atoms with Crippen LogP contribution in [0.3, 0.4) is 0 Å². The summed E-state index contributed by atoms with van der Waals surface area (Å²) in [6.07, 6.45) is 6.04. The zero-order valence-corrected chi connectivity index (χ0v) is 10.1. The standard InChI is InChI=1S/C12H17N3O2/c1-12(2)8-4-3-7(9(12)5-8)6-14-15-11(17)10(13)16/h3,6,8-9H,4-5H2,1-2H3,(H2,13,16)(H,15,17)/b14-6-/t8-,9-/m1/s1. The van der Waals surface area contributed by atoms with Crippen molar-refractivity contribution in [2.24, 2.45) is 28.1 Å². The molecule has 0 saturated heterocycles. The molecule has 3 N–H and O–H groups in total. The number of nitrogens with two attached hydrogens (primary N) is 1. The first kappa shape index (κ1) is 11.8. The van der Waals surface area contributed by atoms with Crippen LogP contribution in [-0.2, 0) is 9.59 Å². The lowest BCUT2D eigenvalue weighted by atomic mass is 9.49. The number of rotatable bonds is 2. The van der Waals surface area contributed by atoms with Crippen molar-refractivity contribution in [3.63, 3.8) is 0 Å². The molecule has 0 aliphatic heterocycles. The Labute approximate surface area is 100 Å². The number of hydrazone groups is 1. The van der Waals surface area contributed by atoms with Gasteiger partial charge in [0.15, 0.2) is 0 Å². The Morgan fingerprint density at radius 3 is 2.82 bits per heavy atom. The van der Waals surface area contributed by atoms with E-state index in [0.29, 0.717) is 11.3 Å².